The largest absolute Gasteiger partial charge is 0.481 e. The van der Waals surface area contributed by atoms with Crippen LogP contribution in [0.4, 0.5) is 4.39 Å². The minimum absolute atomic E-state index is 0.155. The summed E-state index contributed by atoms with van der Waals surface area (Å²) >= 11 is 1.96. The molecule has 0 heterocycles. The molecule has 0 aliphatic carbocycles. The number of carboxylic acids is 1. The second-order valence-corrected chi connectivity index (χ2v) is 6.91. The van der Waals surface area contributed by atoms with Gasteiger partial charge in [0.2, 0.25) is 0 Å². The van der Waals surface area contributed by atoms with Gasteiger partial charge in [0.1, 0.15) is 0 Å². The highest BCUT2D eigenvalue weighted by molar-refractivity contribution is 7.99. The van der Waals surface area contributed by atoms with E-state index < -0.39 is 5.97 Å². The van der Waals surface area contributed by atoms with E-state index in [1.807, 2.05) is 11.8 Å². The third-order valence-electron chi connectivity index (χ3n) is 3.60. The molecule has 0 atom stereocenters. The minimum atomic E-state index is -0.678. The molecule has 0 amide bonds. The SMILES string of the molecule is O=C(O)CCCCSCCCCCCCCCCCC[18F]. The summed E-state index contributed by atoms with van der Waals surface area (Å²) in [6.45, 7) is -0.155. The molecule has 0 aromatic heterocycles. The van der Waals surface area contributed by atoms with Crippen molar-refractivity contribution in [1.82, 2.24) is 0 Å². The van der Waals surface area contributed by atoms with Crippen LogP contribution in [0.1, 0.15) is 83.5 Å². The molecular weight excluding hydrogens is 286 g/mol. The van der Waals surface area contributed by atoms with Gasteiger partial charge in [-0.05, 0) is 37.2 Å². The number of alkyl halides is 1. The molecule has 0 saturated carbocycles. The van der Waals surface area contributed by atoms with Crippen molar-refractivity contribution in [3.8, 4) is 0 Å². The van der Waals surface area contributed by atoms with Crippen LogP contribution in [0.25, 0.3) is 0 Å². The number of hydrogen-bond acceptors (Lipinski definition) is 2. The summed E-state index contributed by atoms with van der Waals surface area (Å²) < 4.78 is 11.9. The van der Waals surface area contributed by atoms with Crippen LogP contribution in [0.3, 0.4) is 0 Å². The first-order valence-corrected chi connectivity index (χ1v) is 9.78. The maximum Gasteiger partial charge on any atom is 0.303 e. The molecule has 0 aliphatic rings. The third-order valence-corrected chi connectivity index (χ3v) is 4.76. The van der Waals surface area contributed by atoms with E-state index in [0.717, 1.165) is 31.4 Å². The fourth-order valence-corrected chi connectivity index (χ4v) is 3.32. The Morgan fingerprint density at radius 1 is 0.714 bits per heavy atom. The Hall–Kier alpha value is -0.250. The zero-order chi connectivity index (χ0) is 15.6. The molecule has 2 nitrogen and oxygen atoms in total. The topological polar surface area (TPSA) is 37.3 Å². The van der Waals surface area contributed by atoms with E-state index in [1.165, 1.54) is 57.1 Å². The normalized spacial score (nSPS) is 10.9. The first kappa shape index (κ1) is 20.8. The molecule has 0 saturated heterocycles. The van der Waals surface area contributed by atoms with Gasteiger partial charge in [0, 0.05) is 6.42 Å². The van der Waals surface area contributed by atoms with Crippen molar-refractivity contribution in [1.29, 1.82) is 0 Å². The summed E-state index contributed by atoms with van der Waals surface area (Å²) in [5.41, 5.74) is 0. The maximum absolute atomic E-state index is 11.9. The number of carbonyl (C=O) groups is 1. The Morgan fingerprint density at radius 3 is 1.62 bits per heavy atom. The van der Waals surface area contributed by atoms with Crippen molar-refractivity contribution in [3.63, 3.8) is 0 Å². The minimum Gasteiger partial charge on any atom is -0.481 e. The van der Waals surface area contributed by atoms with Crippen LogP contribution in [-0.4, -0.2) is 29.3 Å². The summed E-state index contributed by atoms with van der Waals surface area (Å²) in [6, 6.07) is 0. The smallest absolute Gasteiger partial charge is 0.303 e. The molecule has 21 heavy (non-hydrogen) atoms. The lowest BCUT2D eigenvalue weighted by molar-refractivity contribution is -0.137. The molecule has 126 valence electrons. The Bertz CT molecular complexity index is 225. The van der Waals surface area contributed by atoms with E-state index in [1.54, 1.807) is 0 Å². The van der Waals surface area contributed by atoms with E-state index in [9.17, 15) is 9.18 Å². The van der Waals surface area contributed by atoms with Gasteiger partial charge in [-0.3, -0.25) is 9.18 Å². The van der Waals surface area contributed by atoms with Gasteiger partial charge < -0.3 is 5.11 Å². The van der Waals surface area contributed by atoms with Crippen LogP contribution >= 0.6 is 11.8 Å². The van der Waals surface area contributed by atoms with Gasteiger partial charge in [-0.25, -0.2) is 0 Å². The molecule has 4 heteroatoms. The zero-order valence-electron chi connectivity index (χ0n) is 13.5. The first-order valence-electron chi connectivity index (χ1n) is 8.63. The van der Waals surface area contributed by atoms with Crippen LogP contribution in [0.2, 0.25) is 0 Å². The average molecular weight is 320 g/mol. The lowest BCUT2D eigenvalue weighted by atomic mass is 10.1. The van der Waals surface area contributed by atoms with Gasteiger partial charge in [0.25, 0.3) is 0 Å². The Balaban J connectivity index is 2.95. The molecule has 0 aliphatic heterocycles. The number of unbranched alkanes of at least 4 members (excludes halogenated alkanes) is 10. The van der Waals surface area contributed by atoms with Crippen molar-refractivity contribution in [3.05, 3.63) is 0 Å². The van der Waals surface area contributed by atoms with E-state index in [-0.39, 0.29) is 6.67 Å². The standard InChI is InChI=1S/C17H33FO2S/c18-14-10-7-5-3-1-2-4-6-8-11-15-21-16-12-9-13-17(19)20/h1-16H2,(H,19,20)/i18-1. The average Bonchev–Trinajstić information content (AvgIpc) is 2.46. The van der Waals surface area contributed by atoms with Crippen molar-refractivity contribution >= 4 is 17.7 Å². The molecule has 0 radical (unpaired) electrons. The Morgan fingerprint density at radius 2 is 1.14 bits per heavy atom. The highest BCUT2D eigenvalue weighted by atomic mass is 32.2. The number of thioether (sulfide) groups is 1. The summed E-state index contributed by atoms with van der Waals surface area (Å²) in [5.74, 6) is 1.64. The van der Waals surface area contributed by atoms with Gasteiger partial charge >= 0.3 is 5.97 Å². The highest BCUT2D eigenvalue weighted by Gasteiger charge is 1.97. The number of carboxylic acid groups (broad SMARTS) is 1. The molecule has 1 N–H and O–H groups in total. The number of aliphatic carboxylic acids is 1. The lowest BCUT2D eigenvalue weighted by Gasteiger charge is -2.03. The fraction of sp³-hybridized carbons (Fsp3) is 0.941. The predicted octanol–water partition coefficient (Wildman–Crippen LogP) is 5.85. The van der Waals surface area contributed by atoms with E-state index in [0.29, 0.717) is 6.42 Å². The molecule has 0 bridgehead atoms. The molecule has 0 spiro atoms. The molecular formula is C17H33FO2S. The van der Waals surface area contributed by atoms with E-state index >= 15 is 0 Å². The zero-order valence-corrected chi connectivity index (χ0v) is 14.3. The van der Waals surface area contributed by atoms with Gasteiger partial charge in [0.05, 0.1) is 6.67 Å². The van der Waals surface area contributed by atoms with Gasteiger partial charge in [-0.1, -0.05) is 51.4 Å². The van der Waals surface area contributed by atoms with Crippen LogP contribution in [0, 0.1) is 0 Å². The molecule has 0 aromatic carbocycles. The van der Waals surface area contributed by atoms with Crippen molar-refractivity contribution in [2.75, 3.05) is 18.2 Å². The van der Waals surface area contributed by atoms with Crippen molar-refractivity contribution in [2.24, 2.45) is 0 Å². The highest BCUT2D eigenvalue weighted by Crippen LogP contribution is 2.13. The van der Waals surface area contributed by atoms with E-state index in [2.05, 4.69) is 0 Å². The quantitative estimate of drug-likeness (QED) is 0.342. The third kappa shape index (κ3) is 19.8. The van der Waals surface area contributed by atoms with Crippen LogP contribution in [0.15, 0.2) is 0 Å². The summed E-state index contributed by atoms with van der Waals surface area (Å²) in [5, 5.41) is 8.51. The van der Waals surface area contributed by atoms with Crippen LogP contribution in [-0.2, 0) is 4.79 Å². The lowest BCUT2D eigenvalue weighted by Crippen LogP contribution is -1.94. The Kier molecular flexibility index (Phi) is 17.6. The van der Waals surface area contributed by atoms with Crippen molar-refractivity contribution in [2.45, 2.75) is 83.5 Å². The van der Waals surface area contributed by atoms with Gasteiger partial charge in [-0.2, -0.15) is 11.8 Å². The van der Waals surface area contributed by atoms with E-state index in [4.69, 9.17) is 5.11 Å². The van der Waals surface area contributed by atoms with Gasteiger partial charge in [-0.15, -0.1) is 0 Å². The number of hydrogen-bond donors (Lipinski definition) is 1. The van der Waals surface area contributed by atoms with Crippen LogP contribution in [0.5, 0.6) is 0 Å². The second-order valence-electron chi connectivity index (χ2n) is 5.69. The maximum atomic E-state index is 11.9. The summed E-state index contributed by atoms with van der Waals surface area (Å²) in [7, 11) is 0. The number of halogens is 1. The molecule has 0 unspecified atom stereocenters. The second kappa shape index (κ2) is 17.8. The summed E-state index contributed by atoms with van der Waals surface area (Å²) in [6.07, 6.45) is 14.4. The summed E-state index contributed by atoms with van der Waals surface area (Å²) in [4.78, 5) is 10.3. The van der Waals surface area contributed by atoms with Crippen molar-refractivity contribution < 1.29 is 14.3 Å². The molecule has 0 fully saturated rings. The van der Waals surface area contributed by atoms with Gasteiger partial charge in [0.15, 0.2) is 0 Å². The first-order chi connectivity index (χ1) is 10.3. The Labute approximate surface area is 134 Å². The predicted molar refractivity (Wildman–Crippen MR) is 91.0 cm³/mol. The fourth-order valence-electron chi connectivity index (χ4n) is 2.30. The molecule has 0 aromatic rings. The monoisotopic (exact) mass is 319 g/mol. The molecule has 0 rings (SSSR count). The number of rotatable bonds is 17. The van der Waals surface area contributed by atoms with Crippen LogP contribution < -0.4 is 0 Å².